The molecular weight excluding hydrogens is 190 g/mol. The molecule has 76 valence electrons. The summed E-state index contributed by atoms with van der Waals surface area (Å²) < 4.78 is 5.44. The van der Waals surface area contributed by atoms with E-state index in [0.717, 1.165) is 5.22 Å². The Hall–Kier alpha value is -2.03. The van der Waals surface area contributed by atoms with Crippen molar-refractivity contribution >= 4 is 12.8 Å². The van der Waals surface area contributed by atoms with Crippen molar-refractivity contribution in [2.24, 2.45) is 0 Å². The molecule has 1 aliphatic carbocycles. The molecule has 15 heavy (non-hydrogen) atoms. The van der Waals surface area contributed by atoms with Gasteiger partial charge in [0.25, 0.3) is 0 Å². The highest BCUT2D eigenvalue weighted by atomic mass is 16.3. The maximum atomic E-state index is 11.6. The van der Waals surface area contributed by atoms with Crippen molar-refractivity contribution in [1.29, 1.82) is 0 Å². The van der Waals surface area contributed by atoms with Gasteiger partial charge in [-0.2, -0.15) is 0 Å². The fraction of sp³-hybridized carbons (Fsp3) is 0.0833. The van der Waals surface area contributed by atoms with Gasteiger partial charge < -0.3 is 9.73 Å². The van der Waals surface area contributed by atoms with Gasteiger partial charge in [-0.1, -0.05) is 6.58 Å². The summed E-state index contributed by atoms with van der Waals surface area (Å²) in [6.45, 7) is 3.70. The molecule has 0 saturated heterocycles. The quantitative estimate of drug-likeness (QED) is 0.690. The first kappa shape index (κ1) is 9.52. The highest BCUT2D eigenvalue weighted by Gasteiger charge is 1.96. The monoisotopic (exact) mass is 201 g/mol. The molecule has 3 nitrogen and oxygen atoms in total. The van der Waals surface area contributed by atoms with Gasteiger partial charge in [0, 0.05) is 18.5 Å². The summed E-state index contributed by atoms with van der Waals surface area (Å²) in [7, 11) is 1.74. The van der Waals surface area contributed by atoms with Gasteiger partial charge in [-0.3, -0.25) is 4.79 Å². The van der Waals surface area contributed by atoms with Crippen LogP contribution in [-0.4, -0.2) is 7.05 Å². The van der Waals surface area contributed by atoms with Crippen LogP contribution in [0.25, 0.3) is 12.8 Å². The zero-order valence-corrected chi connectivity index (χ0v) is 8.41. The van der Waals surface area contributed by atoms with Gasteiger partial charge in [0.05, 0.1) is 5.22 Å². The van der Waals surface area contributed by atoms with Crippen molar-refractivity contribution < 1.29 is 4.42 Å². The molecule has 2 rings (SSSR count). The number of nitrogens with one attached hydrogen (secondary N) is 1. The molecular formula is C12H11NO2. The maximum Gasteiger partial charge on any atom is 0.191 e. The molecule has 0 spiro atoms. The summed E-state index contributed by atoms with van der Waals surface area (Å²) >= 11 is 0. The molecule has 1 heterocycles. The molecule has 0 bridgehead atoms. The fourth-order valence-corrected chi connectivity index (χ4v) is 1.47. The van der Waals surface area contributed by atoms with E-state index in [9.17, 15) is 4.79 Å². The Bertz CT molecular complexity index is 693. The molecule has 2 aliphatic rings. The first-order chi connectivity index (χ1) is 7.22. The molecule has 1 N–H and O–H groups in total. The highest BCUT2D eigenvalue weighted by Crippen LogP contribution is 1.88. The minimum atomic E-state index is -0.0637. The fourth-order valence-electron chi connectivity index (χ4n) is 1.47. The number of rotatable bonds is 1. The summed E-state index contributed by atoms with van der Waals surface area (Å²) in [5.74, 6) is 0. The Balaban J connectivity index is 3.14. The molecule has 0 unspecified atom stereocenters. The molecule has 0 amide bonds. The zero-order valence-electron chi connectivity index (χ0n) is 8.41. The van der Waals surface area contributed by atoms with Crippen LogP contribution in [0.1, 0.15) is 0 Å². The second-order valence-corrected chi connectivity index (χ2v) is 3.23. The zero-order chi connectivity index (χ0) is 10.8. The second kappa shape index (κ2) is 3.61. The lowest BCUT2D eigenvalue weighted by Crippen LogP contribution is -2.28. The average Bonchev–Trinajstić information content (AvgIpc) is 2.23. The van der Waals surface area contributed by atoms with Crippen molar-refractivity contribution in [1.82, 2.24) is 5.32 Å². The van der Waals surface area contributed by atoms with E-state index in [1.807, 2.05) is 6.07 Å². The predicted octanol–water partition coefficient (Wildman–Crippen LogP) is -0.268. The molecule has 0 radical (unpaired) electrons. The van der Waals surface area contributed by atoms with E-state index in [-0.39, 0.29) is 5.43 Å². The lowest BCUT2D eigenvalue weighted by Gasteiger charge is -1.94. The van der Waals surface area contributed by atoms with Crippen LogP contribution in [0.3, 0.4) is 0 Å². The van der Waals surface area contributed by atoms with E-state index in [0.29, 0.717) is 16.0 Å². The number of hydrogen-bond acceptors (Lipinski definition) is 3. The largest absolute Gasteiger partial charge is 0.457 e. The Morgan fingerprint density at radius 2 is 2.07 bits per heavy atom. The van der Waals surface area contributed by atoms with Gasteiger partial charge in [-0.15, -0.1) is 0 Å². The molecule has 0 atom stereocenters. The van der Waals surface area contributed by atoms with Crippen LogP contribution < -0.4 is 21.4 Å². The third kappa shape index (κ3) is 1.64. The molecule has 0 aromatic rings. The van der Waals surface area contributed by atoms with Crippen LogP contribution in [0.5, 0.6) is 0 Å². The summed E-state index contributed by atoms with van der Waals surface area (Å²) in [5, 5.41) is 4.25. The minimum Gasteiger partial charge on any atom is -0.457 e. The van der Waals surface area contributed by atoms with Gasteiger partial charge >= 0.3 is 0 Å². The van der Waals surface area contributed by atoms with Crippen LogP contribution in [-0.2, 0) is 0 Å². The van der Waals surface area contributed by atoms with Crippen LogP contribution >= 0.6 is 0 Å². The van der Waals surface area contributed by atoms with E-state index < -0.39 is 0 Å². The predicted molar refractivity (Wildman–Crippen MR) is 58.6 cm³/mol. The lowest BCUT2D eigenvalue weighted by molar-refractivity contribution is 0.482. The molecule has 3 heteroatoms. The van der Waals surface area contributed by atoms with E-state index in [1.54, 1.807) is 25.4 Å². The summed E-state index contributed by atoms with van der Waals surface area (Å²) in [6.07, 6.45) is 1.63. The third-order valence-corrected chi connectivity index (χ3v) is 2.16. The van der Waals surface area contributed by atoms with Gasteiger partial charge in [-0.25, -0.2) is 0 Å². The van der Waals surface area contributed by atoms with E-state index in [1.165, 1.54) is 6.07 Å². The molecule has 0 fully saturated rings. The Morgan fingerprint density at radius 1 is 1.33 bits per heavy atom. The Labute approximate surface area is 86.0 Å². The van der Waals surface area contributed by atoms with Gasteiger partial charge in [0.2, 0.25) is 0 Å². The highest BCUT2D eigenvalue weighted by molar-refractivity contribution is 5.22. The SMILES string of the molecule is C=c1ccc2ccc(=O)c(=CNC)c=2o1. The smallest absolute Gasteiger partial charge is 0.191 e. The van der Waals surface area contributed by atoms with Crippen molar-refractivity contribution in [2.45, 2.75) is 0 Å². The normalized spacial score (nSPS) is 11.9. The van der Waals surface area contributed by atoms with Crippen LogP contribution in [0.2, 0.25) is 0 Å². The summed E-state index contributed by atoms with van der Waals surface area (Å²) in [4.78, 5) is 11.6. The topological polar surface area (TPSA) is 42.2 Å². The summed E-state index contributed by atoms with van der Waals surface area (Å²) in [6, 6.07) is 6.93. The Kier molecular flexibility index (Phi) is 2.29. The Morgan fingerprint density at radius 3 is 2.80 bits per heavy atom. The van der Waals surface area contributed by atoms with Crippen molar-refractivity contribution in [3.05, 3.63) is 55.8 Å². The van der Waals surface area contributed by atoms with Crippen LogP contribution in [0.15, 0.2) is 33.5 Å². The lowest BCUT2D eigenvalue weighted by atomic mass is 10.2. The molecule has 1 aliphatic heterocycles. The standard InChI is InChI=1S/C12H11NO2/c1-8-3-4-9-5-6-11(14)10(7-13-2)12(9)15-8/h3-7,13H,1H2,2H3. The van der Waals surface area contributed by atoms with E-state index in [4.69, 9.17) is 4.42 Å². The molecule has 0 aromatic carbocycles. The van der Waals surface area contributed by atoms with Gasteiger partial charge in [-0.05, 0) is 24.3 Å². The maximum absolute atomic E-state index is 11.6. The minimum absolute atomic E-state index is 0.0637. The molecule has 0 aromatic heterocycles. The van der Waals surface area contributed by atoms with E-state index >= 15 is 0 Å². The van der Waals surface area contributed by atoms with Crippen LogP contribution in [0, 0.1) is 10.6 Å². The van der Waals surface area contributed by atoms with Crippen LogP contribution in [0.4, 0.5) is 0 Å². The van der Waals surface area contributed by atoms with Crippen molar-refractivity contribution in [3.63, 3.8) is 0 Å². The molecule has 0 saturated carbocycles. The average molecular weight is 201 g/mol. The third-order valence-electron chi connectivity index (χ3n) is 2.16. The van der Waals surface area contributed by atoms with Crippen molar-refractivity contribution in [2.75, 3.05) is 7.05 Å². The van der Waals surface area contributed by atoms with E-state index in [2.05, 4.69) is 11.9 Å². The van der Waals surface area contributed by atoms with Gasteiger partial charge in [0.1, 0.15) is 10.8 Å². The second-order valence-electron chi connectivity index (χ2n) is 3.23. The van der Waals surface area contributed by atoms with Gasteiger partial charge in [0.15, 0.2) is 5.43 Å². The van der Waals surface area contributed by atoms with Crippen molar-refractivity contribution in [3.8, 4) is 0 Å². The first-order valence-corrected chi connectivity index (χ1v) is 4.61. The number of hydrogen-bond donors (Lipinski definition) is 1. The first-order valence-electron chi connectivity index (χ1n) is 4.61. The summed E-state index contributed by atoms with van der Waals surface area (Å²) in [5.41, 5.74) is 1.05.